The van der Waals surface area contributed by atoms with E-state index in [0.29, 0.717) is 0 Å². The van der Waals surface area contributed by atoms with Crippen molar-refractivity contribution in [1.82, 2.24) is 9.97 Å². The van der Waals surface area contributed by atoms with Crippen molar-refractivity contribution >= 4 is 21.8 Å². The van der Waals surface area contributed by atoms with Crippen molar-refractivity contribution < 1.29 is 0 Å². The Morgan fingerprint density at radius 3 is 3.00 bits per heavy atom. The third-order valence-electron chi connectivity index (χ3n) is 2.65. The van der Waals surface area contributed by atoms with Crippen LogP contribution in [0.5, 0.6) is 0 Å². The lowest BCUT2D eigenvalue weighted by molar-refractivity contribution is 1.37. The van der Waals surface area contributed by atoms with Crippen molar-refractivity contribution in [1.29, 1.82) is 0 Å². The molecule has 0 saturated heterocycles. The first-order valence-electron chi connectivity index (χ1n) is 4.68. The minimum absolute atomic E-state index is 1.06. The first-order chi connectivity index (χ1) is 6.86. The minimum Gasteiger partial charge on any atom is -0.359 e. The SMILES string of the molecule is Cc1ccnc2c1ccc1cc[nH]c12. The molecule has 0 aliphatic heterocycles. The van der Waals surface area contributed by atoms with Gasteiger partial charge in [0.2, 0.25) is 0 Å². The van der Waals surface area contributed by atoms with E-state index in [1.807, 2.05) is 18.5 Å². The number of nitrogens with one attached hydrogen (secondary N) is 1. The monoisotopic (exact) mass is 182 g/mol. The summed E-state index contributed by atoms with van der Waals surface area (Å²) < 4.78 is 0. The molecule has 14 heavy (non-hydrogen) atoms. The topological polar surface area (TPSA) is 28.7 Å². The number of hydrogen-bond acceptors (Lipinski definition) is 1. The number of H-pyrrole nitrogens is 1. The first kappa shape index (κ1) is 7.56. The maximum atomic E-state index is 4.41. The van der Waals surface area contributed by atoms with Gasteiger partial charge < -0.3 is 4.98 Å². The summed E-state index contributed by atoms with van der Waals surface area (Å²) in [5.41, 5.74) is 3.46. The highest BCUT2D eigenvalue weighted by atomic mass is 14.7. The molecular formula is C12H10N2. The lowest BCUT2D eigenvalue weighted by Crippen LogP contribution is -1.83. The summed E-state index contributed by atoms with van der Waals surface area (Å²) in [5.74, 6) is 0. The van der Waals surface area contributed by atoms with Crippen molar-refractivity contribution in [3.05, 3.63) is 42.2 Å². The van der Waals surface area contributed by atoms with E-state index < -0.39 is 0 Å². The number of fused-ring (bicyclic) bond motifs is 3. The molecule has 1 aromatic carbocycles. The van der Waals surface area contributed by atoms with Crippen molar-refractivity contribution in [2.24, 2.45) is 0 Å². The maximum Gasteiger partial charge on any atom is 0.0945 e. The summed E-state index contributed by atoms with van der Waals surface area (Å²) in [5, 5.41) is 2.44. The Labute approximate surface area is 81.6 Å². The lowest BCUT2D eigenvalue weighted by atomic mass is 10.1. The molecule has 0 atom stereocenters. The second-order valence-corrected chi connectivity index (χ2v) is 3.53. The molecule has 2 nitrogen and oxygen atoms in total. The van der Waals surface area contributed by atoms with Gasteiger partial charge in [-0.1, -0.05) is 12.1 Å². The van der Waals surface area contributed by atoms with Crippen molar-refractivity contribution in [2.75, 3.05) is 0 Å². The molecule has 0 spiro atoms. The number of aryl methyl sites for hydroxylation is 1. The molecule has 0 aliphatic carbocycles. The third kappa shape index (κ3) is 0.880. The molecule has 0 aliphatic rings. The van der Waals surface area contributed by atoms with Gasteiger partial charge in [-0.2, -0.15) is 0 Å². The molecule has 2 heterocycles. The summed E-state index contributed by atoms with van der Waals surface area (Å²) >= 11 is 0. The van der Waals surface area contributed by atoms with Crippen LogP contribution in [0.25, 0.3) is 21.8 Å². The number of hydrogen-bond donors (Lipinski definition) is 1. The van der Waals surface area contributed by atoms with Crippen LogP contribution in [0.15, 0.2) is 36.7 Å². The quantitative estimate of drug-likeness (QED) is 0.568. The zero-order valence-electron chi connectivity index (χ0n) is 7.91. The standard InChI is InChI=1S/C12H10N2/c1-8-4-6-14-12-10(8)3-2-9-5-7-13-11(9)12/h2-7,13H,1H3. The molecule has 3 aromatic rings. The third-order valence-corrected chi connectivity index (χ3v) is 2.65. The highest BCUT2D eigenvalue weighted by Crippen LogP contribution is 2.23. The van der Waals surface area contributed by atoms with Crippen molar-refractivity contribution in [2.45, 2.75) is 6.92 Å². The van der Waals surface area contributed by atoms with E-state index in [1.165, 1.54) is 16.3 Å². The zero-order valence-corrected chi connectivity index (χ0v) is 7.91. The molecule has 3 rings (SSSR count). The van der Waals surface area contributed by atoms with Gasteiger partial charge in [0.15, 0.2) is 0 Å². The number of aromatic nitrogens is 2. The van der Waals surface area contributed by atoms with Crippen molar-refractivity contribution in [3.8, 4) is 0 Å². The summed E-state index contributed by atoms with van der Waals surface area (Å²) in [6, 6.07) is 8.37. The zero-order chi connectivity index (χ0) is 9.54. The molecular weight excluding hydrogens is 172 g/mol. The normalized spacial score (nSPS) is 11.2. The lowest BCUT2D eigenvalue weighted by Gasteiger charge is -2.01. The molecule has 1 N–H and O–H groups in total. The molecule has 0 unspecified atom stereocenters. The fourth-order valence-electron chi connectivity index (χ4n) is 1.88. The Bertz CT molecular complexity index is 608. The molecule has 0 bridgehead atoms. The van der Waals surface area contributed by atoms with Gasteiger partial charge in [0.05, 0.1) is 11.0 Å². The van der Waals surface area contributed by atoms with E-state index in [-0.39, 0.29) is 0 Å². The second kappa shape index (κ2) is 2.58. The number of pyridine rings is 1. The fraction of sp³-hybridized carbons (Fsp3) is 0.0833. The van der Waals surface area contributed by atoms with Gasteiger partial charge in [0.25, 0.3) is 0 Å². The highest BCUT2D eigenvalue weighted by molar-refractivity contribution is 6.03. The molecule has 0 radical (unpaired) electrons. The van der Waals surface area contributed by atoms with Crippen LogP contribution in [-0.2, 0) is 0 Å². The van der Waals surface area contributed by atoms with E-state index in [0.717, 1.165) is 11.0 Å². The van der Waals surface area contributed by atoms with Crippen LogP contribution in [0.2, 0.25) is 0 Å². The van der Waals surface area contributed by atoms with Gasteiger partial charge in [-0.25, -0.2) is 0 Å². The molecule has 2 heteroatoms. The van der Waals surface area contributed by atoms with Crippen LogP contribution in [0.1, 0.15) is 5.56 Å². The predicted octanol–water partition coefficient (Wildman–Crippen LogP) is 3.02. The van der Waals surface area contributed by atoms with Gasteiger partial charge in [0.1, 0.15) is 0 Å². The predicted molar refractivity (Wildman–Crippen MR) is 58.3 cm³/mol. The van der Waals surface area contributed by atoms with Gasteiger partial charge in [0, 0.05) is 23.2 Å². The average molecular weight is 182 g/mol. The van der Waals surface area contributed by atoms with E-state index in [4.69, 9.17) is 0 Å². The van der Waals surface area contributed by atoms with Crippen LogP contribution in [-0.4, -0.2) is 9.97 Å². The Morgan fingerprint density at radius 2 is 2.07 bits per heavy atom. The summed E-state index contributed by atoms with van der Waals surface area (Å²) in [6.45, 7) is 2.11. The number of aromatic amines is 1. The Balaban J connectivity index is 2.64. The van der Waals surface area contributed by atoms with Gasteiger partial charge in [-0.15, -0.1) is 0 Å². The largest absolute Gasteiger partial charge is 0.359 e. The summed E-state index contributed by atoms with van der Waals surface area (Å²) in [6.07, 6.45) is 3.81. The van der Waals surface area contributed by atoms with Gasteiger partial charge in [-0.05, 0) is 24.6 Å². The molecule has 0 amide bonds. The summed E-state index contributed by atoms with van der Waals surface area (Å²) in [7, 11) is 0. The summed E-state index contributed by atoms with van der Waals surface area (Å²) in [4.78, 5) is 7.64. The van der Waals surface area contributed by atoms with Gasteiger partial charge >= 0.3 is 0 Å². The molecule has 0 fully saturated rings. The molecule has 68 valence electrons. The average Bonchev–Trinajstić information content (AvgIpc) is 2.66. The molecule has 0 saturated carbocycles. The van der Waals surface area contributed by atoms with Crippen LogP contribution in [0, 0.1) is 6.92 Å². The van der Waals surface area contributed by atoms with Crippen molar-refractivity contribution in [3.63, 3.8) is 0 Å². The highest BCUT2D eigenvalue weighted by Gasteiger charge is 2.03. The van der Waals surface area contributed by atoms with E-state index >= 15 is 0 Å². The van der Waals surface area contributed by atoms with E-state index in [9.17, 15) is 0 Å². The Kier molecular flexibility index (Phi) is 1.39. The van der Waals surface area contributed by atoms with Crippen LogP contribution in [0.3, 0.4) is 0 Å². The number of nitrogens with zero attached hydrogens (tertiary/aromatic N) is 1. The number of benzene rings is 1. The van der Waals surface area contributed by atoms with Crippen LogP contribution >= 0.6 is 0 Å². The maximum absolute atomic E-state index is 4.41. The van der Waals surface area contributed by atoms with E-state index in [2.05, 4.69) is 35.1 Å². The van der Waals surface area contributed by atoms with Crippen LogP contribution < -0.4 is 0 Å². The molecule has 2 aromatic heterocycles. The smallest absolute Gasteiger partial charge is 0.0945 e. The second-order valence-electron chi connectivity index (χ2n) is 3.53. The Hall–Kier alpha value is -1.83. The fourth-order valence-corrected chi connectivity index (χ4v) is 1.88. The van der Waals surface area contributed by atoms with Crippen LogP contribution in [0.4, 0.5) is 0 Å². The Morgan fingerprint density at radius 1 is 1.14 bits per heavy atom. The number of rotatable bonds is 0. The minimum atomic E-state index is 1.06. The van der Waals surface area contributed by atoms with E-state index in [1.54, 1.807) is 0 Å². The van der Waals surface area contributed by atoms with Gasteiger partial charge in [-0.3, -0.25) is 4.98 Å². The first-order valence-corrected chi connectivity index (χ1v) is 4.68.